The molecule has 1 aliphatic rings. The number of carboxylic acids is 1. The van der Waals surface area contributed by atoms with E-state index < -0.39 is 12.0 Å². The van der Waals surface area contributed by atoms with Gasteiger partial charge in [0.1, 0.15) is 6.04 Å². The fourth-order valence-corrected chi connectivity index (χ4v) is 2.03. The largest absolute Gasteiger partial charge is 0.480 e. The van der Waals surface area contributed by atoms with Crippen LogP contribution in [0.4, 0.5) is 4.79 Å². The van der Waals surface area contributed by atoms with E-state index in [9.17, 15) is 9.59 Å². The Morgan fingerprint density at radius 1 is 1.29 bits per heavy atom. The van der Waals surface area contributed by atoms with Gasteiger partial charge in [-0.15, -0.1) is 0 Å². The minimum atomic E-state index is -1.02. The van der Waals surface area contributed by atoms with Crippen LogP contribution in [0.1, 0.15) is 46.5 Å². The van der Waals surface area contributed by atoms with Crippen molar-refractivity contribution in [2.75, 3.05) is 0 Å². The first-order valence-corrected chi connectivity index (χ1v) is 6.10. The van der Waals surface area contributed by atoms with Crippen LogP contribution in [0.25, 0.3) is 0 Å². The summed E-state index contributed by atoms with van der Waals surface area (Å²) in [4.78, 5) is 22.1. The quantitative estimate of drug-likeness (QED) is 0.705. The van der Waals surface area contributed by atoms with Gasteiger partial charge >= 0.3 is 12.0 Å². The minimum Gasteiger partial charge on any atom is -0.480 e. The number of carboxylic acid groups (broad SMARTS) is 1. The van der Waals surface area contributed by atoms with E-state index in [4.69, 9.17) is 5.11 Å². The standard InChI is InChI=1S/C12H22N2O3/c1-8(10(15)16)13-11(17)14-9-4-6-12(2,3)7-5-9/h8-9H,4-7H2,1-3H3,(H,15,16)(H2,13,14,17)/t8-/m0/s1. The maximum absolute atomic E-state index is 11.5. The van der Waals surface area contributed by atoms with Gasteiger partial charge in [0, 0.05) is 6.04 Å². The molecule has 2 amide bonds. The predicted molar refractivity (Wildman–Crippen MR) is 64.8 cm³/mol. The van der Waals surface area contributed by atoms with Gasteiger partial charge in [0.05, 0.1) is 0 Å². The monoisotopic (exact) mass is 242 g/mol. The van der Waals surface area contributed by atoms with E-state index >= 15 is 0 Å². The van der Waals surface area contributed by atoms with E-state index in [-0.39, 0.29) is 12.1 Å². The summed E-state index contributed by atoms with van der Waals surface area (Å²) in [6.45, 7) is 5.91. The summed E-state index contributed by atoms with van der Waals surface area (Å²) in [6.07, 6.45) is 4.10. The predicted octanol–water partition coefficient (Wildman–Crippen LogP) is 1.73. The van der Waals surface area contributed by atoms with Gasteiger partial charge in [-0.2, -0.15) is 0 Å². The summed E-state index contributed by atoms with van der Waals surface area (Å²) in [5.41, 5.74) is 0.364. The SMILES string of the molecule is C[C@H](NC(=O)NC1CCC(C)(C)CC1)C(=O)O. The van der Waals surface area contributed by atoms with Crippen molar-refractivity contribution in [3.05, 3.63) is 0 Å². The number of nitrogens with one attached hydrogen (secondary N) is 2. The molecular formula is C12H22N2O3. The van der Waals surface area contributed by atoms with Crippen molar-refractivity contribution < 1.29 is 14.7 Å². The molecule has 17 heavy (non-hydrogen) atoms. The molecule has 1 rings (SSSR count). The molecule has 0 aliphatic heterocycles. The lowest BCUT2D eigenvalue weighted by Gasteiger charge is -2.34. The van der Waals surface area contributed by atoms with Crippen molar-refractivity contribution in [1.82, 2.24) is 10.6 Å². The first kappa shape index (κ1) is 13.8. The molecule has 0 aromatic rings. The number of aliphatic carboxylic acids is 1. The molecule has 0 radical (unpaired) electrons. The van der Waals surface area contributed by atoms with Gasteiger partial charge in [-0.25, -0.2) is 4.79 Å². The molecule has 0 bridgehead atoms. The van der Waals surface area contributed by atoms with Crippen molar-refractivity contribution in [2.45, 2.75) is 58.5 Å². The Kier molecular flexibility index (Phi) is 4.37. The van der Waals surface area contributed by atoms with Gasteiger partial charge in [-0.3, -0.25) is 4.79 Å². The van der Waals surface area contributed by atoms with Gasteiger partial charge in [0.2, 0.25) is 0 Å². The highest BCUT2D eigenvalue weighted by Gasteiger charge is 2.27. The van der Waals surface area contributed by atoms with Gasteiger partial charge in [0.25, 0.3) is 0 Å². The molecule has 1 fully saturated rings. The zero-order valence-corrected chi connectivity index (χ0v) is 10.7. The first-order valence-electron chi connectivity index (χ1n) is 6.10. The summed E-state index contributed by atoms with van der Waals surface area (Å²) in [7, 11) is 0. The molecule has 98 valence electrons. The van der Waals surface area contributed by atoms with Crippen molar-refractivity contribution in [3.8, 4) is 0 Å². The molecule has 1 saturated carbocycles. The molecule has 0 spiro atoms. The second-order valence-electron chi connectivity index (χ2n) is 5.62. The maximum Gasteiger partial charge on any atom is 0.325 e. The third kappa shape index (κ3) is 4.63. The Morgan fingerprint density at radius 3 is 2.29 bits per heavy atom. The van der Waals surface area contributed by atoms with Gasteiger partial charge < -0.3 is 15.7 Å². The lowest BCUT2D eigenvalue weighted by molar-refractivity contribution is -0.138. The van der Waals surface area contributed by atoms with Crippen molar-refractivity contribution in [3.63, 3.8) is 0 Å². The molecule has 0 aromatic carbocycles. The molecule has 0 aromatic heterocycles. The highest BCUT2D eigenvalue weighted by molar-refractivity contribution is 5.82. The summed E-state index contributed by atoms with van der Waals surface area (Å²) < 4.78 is 0. The van der Waals surface area contributed by atoms with Crippen LogP contribution in [0.5, 0.6) is 0 Å². The molecule has 1 aliphatic carbocycles. The van der Waals surface area contributed by atoms with Crippen molar-refractivity contribution >= 4 is 12.0 Å². The maximum atomic E-state index is 11.5. The smallest absolute Gasteiger partial charge is 0.325 e. The Morgan fingerprint density at radius 2 is 1.82 bits per heavy atom. The molecule has 0 unspecified atom stereocenters. The summed E-state index contributed by atoms with van der Waals surface area (Å²) in [5.74, 6) is -1.02. The van der Waals surface area contributed by atoms with Crippen LogP contribution in [0.2, 0.25) is 0 Å². The van der Waals surface area contributed by atoms with Crippen LogP contribution in [0.15, 0.2) is 0 Å². The third-order valence-electron chi connectivity index (χ3n) is 3.39. The van der Waals surface area contributed by atoms with Gasteiger partial charge in [-0.05, 0) is 38.0 Å². The van der Waals surface area contributed by atoms with Crippen LogP contribution >= 0.6 is 0 Å². The second kappa shape index (κ2) is 5.38. The van der Waals surface area contributed by atoms with Crippen LogP contribution in [-0.4, -0.2) is 29.2 Å². The summed E-state index contributed by atoms with van der Waals surface area (Å²) in [5, 5.41) is 13.9. The zero-order valence-electron chi connectivity index (χ0n) is 10.7. The molecule has 1 atom stereocenters. The second-order valence-corrected chi connectivity index (χ2v) is 5.62. The Balaban J connectivity index is 2.31. The number of rotatable bonds is 3. The molecule has 0 saturated heterocycles. The van der Waals surface area contributed by atoms with Gasteiger partial charge in [0.15, 0.2) is 0 Å². The Labute approximate surface area is 102 Å². The van der Waals surface area contributed by atoms with Crippen molar-refractivity contribution in [2.24, 2.45) is 5.41 Å². The fourth-order valence-electron chi connectivity index (χ4n) is 2.03. The lowest BCUT2D eigenvalue weighted by atomic mass is 9.76. The van der Waals surface area contributed by atoms with E-state index in [0.29, 0.717) is 5.41 Å². The van der Waals surface area contributed by atoms with Crippen LogP contribution < -0.4 is 10.6 Å². The van der Waals surface area contributed by atoms with Crippen LogP contribution in [0, 0.1) is 5.41 Å². The Hall–Kier alpha value is -1.26. The molecule has 5 nitrogen and oxygen atoms in total. The lowest BCUT2D eigenvalue weighted by Crippen LogP contribution is -2.49. The van der Waals surface area contributed by atoms with E-state index in [1.165, 1.54) is 6.92 Å². The van der Waals surface area contributed by atoms with Gasteiger partial charge in [-0.1, -0.05) is 13.8 Å². The van der Waals surface area contributed by atoms with Crippen molar-refractivity contribution in [1.29, 1.82) is 0 Å². The highest BCUT2D eigenvalue weighted by atomic mass is 16.4. The highest BCUT2D eigenvalue weighted by Crippen LogP contribution is 2.34. The zero-order chi connectivity index (χ0) is 13.1. The molecular weight excluding hydrogens is 220 g/mol. The third-order valence-corrected chi connectivity index (χ3v) is 3.39. The number of urea groups is 1. The number of carbonyl (C=O) groups is 2. The number of amides is 2. The van der Waals surface area contributed by atoms with E-state index in [2.05, 4.69) is 24.5 Å². The Bertz CT molecular complexity index is 292. The molecule has 5 heteroatoms. The summed E-state index contributed by atoms with van der Waals surface area (Å²) >= 11 is 0. The van der Waals surface area contributed by atoms with E-state index in [0.717, 1.165) is 25.7 Å². The van der Waals surface area contributed by atoms with E-state index in [1.807, 2.05) is 0 Å². The summed E-state index contributed by atoms with van der Waals surface area (Å²) in [6, 6.07) is -1.07. The number of carbonyl (C=O) groups excluding carboxylic acids is 1. The van der Waals surface area contributed by atoms with Crippen LogP contribution in [0.3, 0.4) is 0 Å². The number of hydrogen-bond acceptors (Lipinski definition) is 2. The average Bonchev–Trinajstić information content (AvgIpc) is 2.21. The number of hydrogen-bond donors (Lipinski definition) is 3. The molecule has 3 N–H and O–H groups in total. The van der Waals surface area contributed by atoms with Crippen LogP contribution in [-0.2, 0) is 4.79 Å². The molecule has 0 heterocycles. The van der Waals surface area contributed by atoms with E-state index in [1.54, 1.807) is 0 Å². The first-order chi connectivity index (χ1) is 7.80. The average molecular weight is 242 g/mol. The normalized spacial score (nSPS) is 21.6. The fraction of sp³-hybridized carbons (Fsp3) is 0.833. The minimum absolute atomic E-state index is 0.170. The topological polar surface area (TPSA) is 78.4 Å².